The van der Waals surface area contributed by atoms with Crippen LogP contribution in [-0.2, 0) is 13.0 Å². The molecule has 0 spiro atoms. The molecular formula is C27H36N4O2. The average Bonchev–Trinajstić information content (AvgIpc) is 3.49. The Morgan fingerprint density at radius 2 is 1.85 bits per heavy atom. The minimum Gasteiger partial charge on any atom is -0.495 e. The number of nitrogens with two attached hydrogens (primary N) is 1. The summed E-state index contributed by atoms with van der Waals surface area (Å²) >= 11 is 0. The zero-order valence-electron chi connectivity index (χ0n) is 19.7. The topological polar surface area (TPSA) is 78.7 Å². The standard InChI is InChI=1S/C27H36N4O2/c1-32-26-14-13-21(10-4-2-3-7-15-30-16-8-9-17-30)18-24(26)31(27(28)29)20-23-19-22-11-5-6-12-25(22)33-23/h5-6,11-14,18-19H,2-4,7-10,15-17,20H2,1H3,(H3,28,29). The van der Waals surface area contributed by atoms with Gasteiger partial charge < -0.3 is 24.7 Å². The van der Waals surface area contributed by atoms with Crippen LogP contribution in [0.4, 0.5) is 5.69 Å². The summed E-state index contributed by atoms with van der Waals surface area (Å²) in [6, 6.07) is 16.1. The van der Waals surface area contributed by atoms with Gasteiger partial charge in [-0.25, -0.2) is 0 Å². The molecule has 6 nitrogen and oxygen atoms in total. The minimum atomic E-state index is -0.0344. The van der Waals surface area contributed by atoms with Crippen LogP contribution in [0.5, 0.6) is 5.75 Å². The van der Waals surface area contributed by atoms with E-state index >= 15 is 0 Å². The van der Waals surface area contributed by atoms with E-state index in [0.717, 1.165) is 35.3 Å². The average molecular weight is 449 g/mol. The number of hydrogen-bond acceptors (Lipinski definition) is 4. The Bertz CT molecular complexity index is 1020. The van der Waals surface area contributed by atoms with Crippen molar-refractivity contribution in [2.75, 3.05) is 31.6 Å². The van der Waals surface area contributed by atoms with Gasteiger partial charge in [0.25, 0.3) is 0 Å². The number of likely N-dealkylation sites (tertiary alicyclic amines) is 1. The fourth-order valence-electron chi connectivity index (χ4n) is 4.70. The third-order valence-electron chi connectivity index (χ3n) is 6.50. The summed E-state index contributed by atoms with van der Waals surface area (Å²) in [5, 5.41) is 9.25. The number of unbranched alkanes of at least 4 members (excludes halogenated alkanes) is 3. The summed E-state index contributed by atoms with van der Waals surface area (Å²) in [5.74, 6) is 1.43. The maximum absolute atomic E-state index is 8.20. The van der Waals surface area contributed by atoms with Crippen molar-refractivity contribution in [2.24, 2.45) is 5.73 Å². The normalized spacial score (nSPS) is 14.1. The van der Waals surface area contributed by atoms with Crippen LogP contribution in [0.25, 0.3) is 11.0 Å². The second-order valence-corrected chi connectivity index (χ2v) is 8.94. The van der Waals surface area contributed by atoms with E-state index in [1.54, 1.807) is 12.0 Å². The molecule has 1 fully saturated rings. The van der Waals surface area contributed by atoms with Gasteiger partial charge in [0.15, 0.2) is 5.96 Å². The van der Waals surface area contributed by atoms with E-state index in [9.17, 15) is 0 Å². The van der Waals surface area contributed by atoms with Crippen molar-refractivity contribution >= 4 is 22.6 Å². The number of nitrogens with one attached hydrogen (secondary N) is 1. The molecule has 0 saturated carbocycles. The van der Waals surface area contributed by atoms with E-state index in [-0.39, 0.29) is 5.96 Å². The number of anilines is 1. The second-order valence-electron chi connectivity index (χ2n) is 8.94. The lowest BCUT2D eigenvalue weighted by molar-refractivity contribution is 0.328. The molecule has 0 radical (unpaired) electrons. The number of methoxy groups -OCH3 is 1. The number of rotatable bonds is 11. The van der Waals surface area contributed by atoms with Crippen LogP contribution in [0.1, 0.15) is 49.8 Å². The highest BCUT2D eigenvalue weighted by Gasteiger charge is 2.18. The molecule has 3 N–H and O–H groups in total. The SMILES string of the molecule is COc1ccc(CCCCCCN2CCCC2)cc1N(Cc1cc2ccccc2o1)C(=N)N. The molecule has 4 rings (SSSR count). The molecule has 0 aliphatic carbocycles. The molecular weight excluding hydrogens is 412 g/mol. The highest BCUT2D eigenvalue weighted by Crippen LogP contribution is 2.32. The van der Waals surface area contributed by atoms with E-state index in [4.69, 9.17) is 20.3 Å². The molecule has 0 unspecified atom stereocenters. The molecule has 1 aliphatic heterocycles. The van der Waals surface area contributed by atoms with Crippen LogP contribution in [0.15, 0.2) is 52.9 Å². The molecule has 33 heavy (non-hydrogen) atoms. The highest BCUT2D eigenvalue weighted by atomic mass is 16.5. The maximum Gasteiger partial charge on any atom is 0.193 e. The first-order valence-electron chi connectivity index (χ1n) is 12.1. The predicted molar refractivity (Wildman–Crippen MR) is 135 cm³/mol. The molecule has 1 saturated heterocycles. The molecule has 0 amide bonds. The van der Waals surface area contributed by atoms with Crippen molar-refractivity contribution in [2.45, 2.75) is 51.5 Å². The van der Waals surface area contributed by atoms with Gasteiger partial charge in [-0.1, -0.05) is 37.1 Å². The van der Waals surface area contributed by atoms with E-state index < -0.39 is 0 Å². The zero-order chi connectivity index (χ0) is 23.0. The first kappa shape index (κ1) is 23.2. The van der Waals surface area contributed by atoms with Crippen molar-refractivity contribution < 1.29 is 9.15 Å². The number of aryl methyl sites for hydroxylation is 1. The zero-order valence-corrected chi connectivity index (χ0v) is 19.7. The Morgan fingerprint density at radius 1 is 1.06 bits per heavy atom. The number of benzene rings is 2. The van der Waals surface area contributed by atoms with E-state index in [2.05, 4.69) is 17.0 Å². The van der Waals surface area contributed by atoms with Gasteiger partial charge in [-0.05, 0) is 81.6 Å². The molecule has 1 aromatic heterocycles. The number of guanidine groups is 1. The lowest BCUT2D eigenvalue weighted by Gasteiger charge is -2.24. The first-order valence-corrected chi connectivity index (χ1v) is 12.1. The second kappa shape index (κ2) is 11.2. The largest absolute Gasteiger partial charge is 0.495 e. The Labute approximate surface area is 196 Å². The fraction of sp³-hybridized carbons (Fsp3) is 0.444. The summed E-state index contributed by atoms with van der Waals surface area (Å²) < 4.78 is 11.6. The Morgan fingerprint density at radius 3 is 2.61 bits per heavy atom. The lowest BCUT2D eigenvalue weighted by atomic mass is 10.0. The van der Waals surface area contributed by atoms with Crippen LogP contribution < -0.4 is 15.4 Å². The summed E-state index contributed by atoms with van der Waals surface area (Å²) in [6.45, 7) is 4.20. The molecule has 3 aromatic rings. The first-order chi connectivity index (χ1) is 16.1. The molecule has 6 heteroatoms. The molecule has 2 aromatic carbocycles. The number of furan rings is 1. The minimum absolute atomic E-state index is 0.0344. The van der Waals surface area contributed by atoms with Gasteiger partial charge in [0.05, 0.1) is 19.3 Å². The van der Waals surface area contributed by atoms with Crippen molar-refractivity contribution in [1.29, 1.82) is 5.41 Å². The third kappa shape index (κ3) is 6.08. The molecule has 0 atom stereocenters. The lowest BCUT2D eigenvalue weighted by Crippen LogP contribution is -2.36. The van der Waals surface area contributed by atoms with Crippen LogP contribution in [0, 0.1) is 5.41 Å². The van der Waals surface area contributed by atoms with Crippen LogP contribution in [0.3, 0.4) is 0 Å². The fourth-order valence-corrected chi connectivity index (χ4v) is 4.70. The van der Waals surface area contributed by atoms with E-state index in [1.807, 2.05) is 36.4 Å². The number of ether oxygens (including phenoxy) is 1. The van der Waals surface area contributed by atoms with Crippen LogP contribution in [0.2, 0.25) is 0 Å². The molecule has 1 aliphatic rings. The summed E-state index contributed by atoms with van der Waals surface area (Å²) in [6.07, 6.45) is 8.73. The molecule has 176 valence electrons. The Kier molecular flexibility index (Phi) is 7.89. The quantitative estimate of drug-likeness (QED) is 0.229. The number of nitrogens with zero attached hydrogens (tertiary/aromatic N) is 2. The monoisotopic (exact) mass is 448 g/mol. The highest BCUT2D eigenvalue weighted by molar-refractivity contribution is 5.94. The Balaban J connectivity index is 1.38. The molecule has 0 bridgehead atoms. The van der Waals surface area contributed by atoms with Gasteiger partial charge in [0.1, 0.15) is 17.1 Å². The van der Waals surface area contributed by atoms with Gasteiger partial charge >= 0.3 is 0 Å². The van der Waals surface area contributed by atoms with Gasteiger partial charge in [-0.2, -0.15) is 0 Å². The summed E-state index contributed by atoms with van der Waals surface area (Å²) in [5.41, 5.74) is 8.87. The number of fused-ring (bicyclic) bond motifs is 1. The third-order valence-corrected chi connectivity index (χ3v) is 6.50. The number of hydrogen-bond donors (Lipinski definition) is 2. The Hall–Kier alpha value is -2.99. The smallest absolute Gasteiger partial charge is 0.193 e. The van der Waals surface area contributed by atoms with Crippen molar-refractivity contribution in [1.82, 2.24) is 4.90 Å². The van der Waals surface area contributed by atoms with Crippen molar-refractivity contribution in [3.05, 3.63) is 59.9 Å². The van der Waals surface area contributed by atoms with E-state index in [1.165, 1.54) is 57.3 Å². The number of para-hydroxylation sites is 1. The van der Waals surface area contributed by atoms with E-state index in [0.29, 0.717) is 12.3 Å². The van der Waals surface area contributed by atoms with Crippen molar-refractivity contribution in [3.63, 3.8) is 0 Å². The van der Waals surface area contributed by atoms with Crippen molar-refractivity contribution in [3.8, 4) is 5.75 Å². The van der Waals surface area contributed by atoms with Crippen LogP contribution >= 0.6 is 0 Å². The van der Waals surface area contributed by atoms with Gasteiger partial charge in [0.2, 0.25) is 0 Å². The van der Waals surface area contributed by atoms with Gasteiger partial charge in [0, 0.05) is 5.39 Å². The maximum atomic E-state index is 8.20. The van der Waals surface area contributed by atoms with Crippen LogP contribution in [-0.4, -0.2) is 37.6 Å². The summed E-state index contributed by atoms with van der Waals surface area (Å²) in [7, 11) is 1.65. The molecule has 2 heterocycles. The summed E-state index contributed by atoms with van der Waals surface area (Å²) in [4.78, 5) is 4.34. The predicted octanol–water partition coefficient (Wildman–Crippen LogP) is 5.54. The van der Waals surface area contributed by atoms with Gasteiger partial charge in [-0.15, -0.1) is 0 Å². The van der Waals surface area contributed by atoms with Gasteiger partial charge in [-0.3, -0.25) is 5.41 Å².